The number of piperidine rings is 1. The number of ether oxygens (including phenoxy) is 1. The normalized spacial score (nSPS) is 20.1. The maximum Gasteiger partial charge on any atom is 0.167 e. The van der Waals surface area contributed by atoms with Gasteiger partial charge in [-0.1, -0.05) is 0 Å². The third kappa shape index (κ3) is 3.29. The molecule has 2 fully saturated rings. The lowest BCUT2D eigenvalue weighted by atomic mass is 10.0. The first-order valence-corrected chi connectivity index (χ1v) is 12.5. The number of halogens is 1. The largest absolute Gasteiger partial charge is 0.494 e. The highest BCUT2D eigenvalue weighted by Crippen LogP contribution is 2.37. The number of anilines is 1. The maximum atomic E-state index is 14.2. The quantitative estimate of drug-likeness (QED) is 0.434. The smallest absolute Gasteiger partial charge is 0.167 e. The molecule has 0 radical (unpaired) electrons. The number of fused-ring (bicyclic) bond motifs is 4. The van der Waals surface area contributed by atoms with E-state index in [1.54, 1.807) is 12.3 Å². The van der Waals surface area contributed by atoms with Crippen LogP contribution in [0.25, 0.3) is 27.7 Å². The fourth-order valence-corrected chi connectivity index (χ4v) is 6.08. The monoisotopic (exact) mass is 485 g/mol. The maximum absolute atomic E-state index is 14.2. The van der Waals surface area contributed by atoms with Crippen molar-refractivity contribution in [2.75, 3.05) is 38.7 Å². The molecule has 9 heteroatoms. The number of likely N-dealkylation sites (tertiary alicyclic amines) is 1. The molecule has 2 bridgehead atoms. The lowest BCUT2D eigenvalue weighted by Crippen LogP contribution is -2.46. The van der Waals surface area contributed by atoms with Crippen LogP contribution in [0.1, 0.15) is 19.3 Å². The van der Waals surface area contributed by atoms with Crippen LogP contribution in [0.3, 0.4) is 0 Å². The van der Waals surface area contributed by atoms with Gasteiger partial charge in [0.25, 0.3) is 0 Å². The molecule has 36 heavy (non-hydrogen) atoms. The van der Waals surface area contributed by atoms with Crippen LogP contribution in [0.2, 0.25) is 0 Å². The Hall–Kier alpha value is -3.88. The summed E-state index contributed by atoms with van der Waals surface area (Å²) in [6.45, 7) is 3.19. The van der Waals surface area contributed by atoms with Gasteiger partial charge >= 0.3 is 0 Å². The second-order valence-corrected chi connectivity index (χ2v) is 10.0. The minimum Gasteiger partial charge on any atom is -0.494 e. The van der Waals surface area contributed by atoms with Crippen molar-refractivity contribution in [1.29, 1.82) is 0 Å². The molecule has 0 amide bonds. The Kier molecular flexibility index (Phi) is 4.80. The molecule has 7 rings (SSSR count). The second-order valence-electron chi connectivity index (χ2n) is 10.0. The molecular formula is C27H28FN7O. The third-order valence-electron chi connectivity index (χ3n) is 8.07. The van der Waals surface area contributed by atoms with Gasteiger partial charge in [0.2, 0.25) is 0 Å². The molecule has 0 aliphatic carbocycles. The van der Waals surface area contributed by atoms with E-state index in [4.69, 9.17) is 9.72 Å². The van der Waals surface area contributed by atoms with Crippen molar-refractivity contribution in [2.24, 2.45) is 0 Å². The Bertz CT molecular complexity index is 1510. The number of hydrogen-bond acceptors (Lipinski definition) is 7. The molecular weight excluding hydrogens is 457 g/mol. The van der Waals surface area contributed by atoms with Crippen LogP contribution in [-0.2, 0) is 0 Å². The Morgan fingerprint density at radius 3 is 2.67 bits per heavy atom. The van der Waals surface area contributed by atoms with Gasteiger partial charge in [0.1, 0.15) is 0 Å². The first-order chi connectivity index (χ1) is 17.6. The van der Waals surface area contributed by atoms with Crippen LogP contribution in [0, 0.1) is 5.82 Å². The van der Waals surface area contributed by atoms with Crippen LogP contribution in [-0.4, -0.2) is 75.3 Å². The van der Waals surface area contributed by atoms with Gasteiger partial charge in [0.05, 0.1) is 42.9 Å². The average molecular weight is 486 g/mol. The number of rotatable bonds is 4. The molecule has 6 heterocycles. The molecule has 0 saturated carbocycles. The summed E-state index contributed by atoms with van der Waals surface area (Å²) in [5.41, 5.74) is 5.70. The Morgan fingerprint density at radius 2 is 1.92 bits per heavy atom. The molecule has 1 atom stereocenters. The van der Waals surface area contributed by atoms with Gasteiger partial charge in [-0.15, -0.1) is 0 Å². The number of benzene rings is 1. The standard InChI is InChI=1S/C27H28FN7O/c1-32-14-19-9-18(32)15-34(19)17-4-7-33(8-5-17)20-12-30-27-23(13-31-35(27)16-20)21-3-6-29-25-11-24(28)26(36-2)10-22(21)25/h3,6,10-14,16-18H,4-5,7-9,15H2,1-2H3. The van der Waals surface area contributed by atoms with E-state index in [1.807, 2.05) is 23.0 Å². The summed E-state index contributed by atoms with van der Waals surface area (Å²) in [7, 11) is 3.65. The molecule has 1 aromatic carbocycles. The van der Waals surface area contributed by atoms with Gasteiger partial charge < -0.3 is 19.4 Å². The van der Waals surface area contributed by atoms with E-state index in [0.717, 1.165) is 53.8 Å². The zero-order chi connectivity index (χ0) is 24.4. The van der Waals surface area contributed by atoms with Crippen molar-refractivity contribution in [3.63, 3.8) is 0 Å². The van der Waals surface area contributed by atoms with Crippen LogP contribution < -0.4 is 9.64 Å². The number of hydrogen-bond donors (Lipinski definition) is 0. The highest BCUT2D eigenvalue weighted by molar-refractivity contribution is 5.98. The molecule has 0 spiro atoms. The number of aromatic nitrogens is 4. The Morgan fingerprint density at radius 1 is 1.06 bits per heavy atom. The highest BCUT2D eigenvalue weighted by atomic mass is 19.1. The fourth-order valence-electron chi connectivity index (χ4n) is 6.08. The lowest BCUT2D eigenvalue weighted by molar-refractivity contribution is 0.196. The molecule has 3 aliphatic rings. The van der Waals surface area contributed by atoms with Crippen LogP contribution in [0.15, 0.2) is 54.9 Å². The molecule has 8 nitrogen and oxygen atoms in total. The third-order valence-corrected chi connectivity index (χ3v) is 8.07. The lowest BCUT2D eigenvalue weighted by Gasteiger charge is -2.40. The predicted octanol–water partition coefficient (Wildman–Crippen LogP) is 3.92. The SMILES string of the molecule is COc1cc2c(-c3cnn4cc(N5CCC(N6CC7CC6=CN7C)CC5)cnc34)ccnc2cc1F. The molecule has 1 unspecified atom stereocenters. The van der Waals surface area contributed by atoms with E-state index >= 15 is 0 Å². The summed E-state index contributed by atoms with van der Waals surface area (Å²) in [6.07, 6.45) is 13.3. The summed E-state index contributed by atoms with van der Waals surface area (Å²) >= 11 is 0. The van der Waals surface area contributed by atoms with Crippen molar-refractivity contribution >= 4 is 22.2 Å². The van der Waals surface area contributed by atoms with Gasteiger partial charge in [-0.2, -0.15) is 5.10 Å². The van der Waals surface area contributed by atoms with Crippen molar-refractivity contribution in [1.82, 2.24) is 29.4 Å². The van der Waals surface area contributed by atoms with E-state index in [0.29, 0.717) is 17.6 Å². The molecule has 2 saturated heterocycles. The first kappa shape index (κ1) is 21.4. The highest BCUT2D eigenvalue weighted by Gasteiger charge is 2.38. The van der Waals surface area contributed by atoms with Crippen LogP contribution in [0.5, 0.6) is 5.75 Å². The minimum absolute atomic E-state index is 0.192. The zero-order valence-corrected chi connectivity index (χ0v) is 20.4. The topological polar surface area (TPSA) is 62.0 Å². The zero-order valence-electron chi connectivity index (χ0n) is 20.4. The predicted molar refractivity (Wildman–Crippen MR) is 136 cm³/mol. The van der Waals surface area contributed by atoms with Gasteiger partial charge in [-0.05, 0) is 30.5 Å². The second kappa shape index (κ2) is 8.08. The van der Waals surface area contributed by atoms with E-state index in [2.05, 4.69) is 44.2 Å². The van der Waals surface area contributed by atoms with E-state index in [-0.39, 0.29) is 5.75 Å². The molecule has 0 N–H and O–H groups in total. The number of likely N-dealkylation sites (N-methyl/N-ethyl adjacent to an activating group) is 1. The summed E-state index contributed by atoms with van der Waals surface area (Å²) in [6, 6.07) is 6.29. The molecule has 184 valence electrons. The first-order valence-electron chi connectivity index (χ1n) is 12.5. The minimum atomic E-state index is -0.428. The van der Waals surface area contributed by atoms with Crippen molar-refractivity contribution < 1.29 is 9.13 Å². The Labute approximate surface area is 208 Å². The van der Waals surface area contributed by atoms with Gasteiger partial charge in [-0.25, -0.2) is 13.9 Å². The van der Waals surface area contributed by atoms with Crippen molar-refractivity contribution in [2.45, 2.75) is 31.3 Å². The van der Waals surface area contributed by atoms with Crippen molar-refractivity contribution in [3.8, 4) is 16.9 Å². The summed E-state index contributed by atoms with van der Waals surface area (Å²) < 4.78 is 21.3. The van der Waals surface area contributed by atoms with Gasteiger partial charge in [0, 0.05) is 74.3 Å². The van der Waals surface area contributed by atoms with Gasteiger partial charge in [-0.3, -0.25) is 4.98 Å². The number of pyridine rings is 1. The molecule has 3 aliphatic heterocycles. The number of nitrogens with zero attached hydrogens (tertiary/aromatic N) is 7. The van der Waals surface area contributed by atoms with Crippen LogP contribution >= 0.6 is 0 Å². The fraction of sp³-hybridized carbons (Fsp3) is 0.370. The van der Waals surface area contributed by atoms with E-state index < -0.39 is 5.82 Å². The van der Waals surface area contributed by atoms with E-state index in [9.17, 15) is 4.39 Å². The van der Waals surface area contributed by atoms with E-state index in [1.165, 1.54) is 31.8 Å². The number of methoxy groups -OCH3 is 1. The van der Waals surface area contributed by atoms with Crippen molar-refractivity contribution in [3.05, 3.63) is 60.7 Å². The summed E-state index contributed by atoms with van der Waals surface area (Å²) in [5.74, 6) is -0.237. The van der Waals surface area contributed by atoms with Gasteiger partial charge in [0.15, 0.2) is 17.2 Å². The Balaban J connectivity index is 1.14. The van der Waals surface area contributed by atoms with Crippen LogP contribution in [0.4, 0.5) is 10.1 Å². The summed E-state index contributed by atoms with van der Waals surface area (Å²) in [4.78, 5) is 16.6. The molecule has 4 aromatic rings. The molecule has 3 aromatic heterocycles. The average Bonchev–Trinajstić information content (AvgIpc) is 3.61. The summed E-state index contributed by atoms with van der Waals surface area (Å²) in [5, 5.41) is 5.41.